The number of nitro groups is 1. The molecule has 6 nitrogen and oxygen atoms in total. The van der Waals surface area contributed by atoms with Gasteiger partial charge in [-0.2, -0.15) is 5.10 Å². The second-order valence-electron chi connectivity index (χ2n) is 5.63. The zero-order chi connectivity index (χ0) is 16.4. The van der Waals surface area contributed by atoms with Gasteiger partial charge in [-0.3, -0.25) is 15.1 Å². The minimum absolute atomic E-state index is 0.100. The van der Waals surface area contributed by atoms with E-state index >= 15 is 0 Å². The summed E-state index contributed by atoms with van der Waals surface area (Å²) < 4.78 is 0. The van der Waals surface area contributed by atoms with Gasteiger partial charge >= 0.3 is 0 Å². The van der Waals surface area contributed by atoms with E-state index in [9.17, 15) is 10.1 Å². The molecule has 23 heavy (non-hydrogen) atoms. The van der Waals surface area contributed by atoms with Crippen LogP contribution in [0.3, 0.4) is 0 Å². The molecule has 0 N–H and O–H groups in total. The summed E-state index contributed by atoms with van der Waals surface area (Å²) in [5.41, 5.74) is 4.18. The van der Waals surface area contributed by atoms with Crippen LogP contribution < -0.4 is 9.91 Å². The fourth-order valence-electron chi connectivity index (χ4n) is 2.54. The summed E-state index contributed by atoms with van der Waals surface area (Å²) in [5.74, 6) is 0. The van der Waals surface area contributed by atoms with Gasteiger partial charge in [0.05, 0.1) is 16.3 Å². The van der Waals surface area contributed by atoms with Crippen molar-refractivity contribution in [3.63, 3.8) is 0 Å². The predicted molar refractivity (Wildman–Crippen MR) is 92.4 cm³/mol. The molecule has 3 rings (SSSR count). The first-order valence-electron chi connectivity index (χ1n) is 7.42. The summed E-state index contributed by atoms with van der Waals surface area (Å²) in [6.07, 6.45) is 0.827. The lowest BCUT2D eigenvalue weighted by molar-refractivity contribution is -0.384. The van der Waals surface area contributed by atoms with Crippen molar-refractivity contribution < 1.29 is 4.92 Å². The highest BCUT2D eigenvalue weighted by atomic mass is 16.6. The normalized spacial score (nSPS) is 13.8. The Bertz CT molecular complexity index is 736. The van der Waals surface area contributed by atoms with E-state index in [1.807, 2.05) is 19.1 Å². The fraction of sp³-hybridized carbons (Fsp3) is 0.235. The summed E-state index contributed by atoms with van der Waals surface area (Å²) >= 11 is 0. The van der Waals surface area contributed by atoms with E-state index in [1.54, 1.807) is 12.1 Å². The molecule has 0 saturated heterocycles. The molecule has 118 valence electrons. The molecular formula is C17H18N4O2. The second kappa shape index (κ2) is 6.08. The Morgan fingerprint density at radius 3 is 2.30 bits per heavy atom. The number of benzene rings is 2. The topological polar surface area (TPSA) is 62.0 Å². The molecule has 2 aromatic rings. The molecule has 0 spiro atoms. The van der Waals surface area contributed by atoms with Gasteiger partial charge in [0.1, 0.15) is 0 Å². The van der Waals surface area contributed by atoms with Crippen molar-refractivity contribution in [2.24, 2.45) is 5.10 Å². The van der Waals surface area contributed by atoms with Crippen LogP contribution in [0.2, 0.25) is 0 Å². The maximum Gasteiger partial charge on any atom is 0.269 e. The van der Waals surface area contributed by atoms with Gasteiger partial charge in [0.25, 0.3) is 5.69 Å². The second-order valence-corrected chi connectivity index (χ2v) is 5.63. The first-order valence-corrected chi connectivity index (χ1v) is 7.42. The lowest BCUT2D eigenvalue weighted by atomic mass is 10.1. The van der Waals surface area contributed by atoms with Gasteiger partial charge in [-0.15, -0.1) is 0 Å². The lowest BCUT2D eigenvalue weighted by Gasteiger charge is -2.16. The van der Waals surface area contributed by atoms with Crippen LogP contribution in [0.4, 0.5) is 17.1 Å². The average Bonchev–Trinajstić information content (AvgIpc) is 3.05. The van der Waals surface area contributed by atoms with Crippen molar-refractivity contribution in [2.75, 3.05) is 30.5 Å². The van der Waals surface area contributed by atoms with Crippen LogP contribution in [0, 0.1) is 10.1 Å². The summed E-state index contributed by atoms with van der Waals surface area (Å²) in [4.78, 5) is 12.4. The highest BCUT2D eigenvalue weighted by Crippen LogP contribution is 2.24. The number of hydrogen-bond donors (Lipinski definition) is 0. The summed E-state index contributed by atoms with van der Waals surface area (Å²) in [6, 6.07) is 14.8. The highest BCUT2D eigenvalue weighted by molar-refractivity contribution is 6.02. The van der Waals surface area contributed by atoms with Crippen LogP contribution in [0.1, 0.15) is 12.0 Å². The molecule has 0 bridgehead atoms. The zero-order valence-electron chi connectivity index (χ0n) is 13.1. The van der Waals surface area contributed by atoms with Crippen LogP contribution in [-0.4, -0.2) is 31.3 Å². The molecule has 2 aromatic carbocycles. The van der Waals surface area contributed by atoms with Crippen LogP contribution >= 0.6 is 0 Å². The van der Waals surface area contributed by atoms with E-state index in [0.717, 1.165) is 35.6 Å². The van der Waals surface area contributed by atoms with Crippen molar-refractivity contribution >= 4 is 22.8 Å². The van der Waals surface area contributed by atoms with E-state index < -0.39 is 4.92 Å². The maximum absolute atomic E-state index is 10.7. The lowest BCUT2D eigenvalue weighted by Crippen LogP contribution is -2.12. The molecule has 6 heteroatoms. The van der Waals surface area contributed by atoms with Crippen LogP contribution in [-0.2, 0) is 0 Å². The Labute approximate surface area is 134 Å². The summed E-state index contributed by atoms with van der Waals surface area (Å²) in [6.45, 7) is 0.813. The van der Waals surface area contributed by atoms with Gasteiger partial charge in [0.15, 0.2) is 0 Å². The van der Waals surface area contributed by atoms with Gasteiger partial charge < -0.3 is 4.90 Å². The Balaban J connectivity index is 1.78. The van der Waals surface area contributed by atoms with Gasteiger partial charge in [0.2, 0.25) is 0 Å². The smallest absolute Gasteiger partial charge is 0.269 e. The molecule has 1 aliphatic rings. The summed E-state index contributed by atoms with van der Waals surface area (Å²) in [7, 11) is 4.02. The van der Waals surface area contributed by atoms with E-state index in [1.165, 1.54) is 12.1 Å². The maximum atomic E-state index is 10.7. The molecule has 0 amide bonds. The third-order valence-electron chi connectivity index (χ3n) is 3.88. The van der Waals surface area contributed by atoms with Crippen molar-refractivity contribution in [3.05, 3.63) is 64.2 Å². The Morgan fingerprint density at radius 2 is 1.74 bits per heavy atom. The van der Waals surface area contributed by atoms with Crippen molar-refractivity contribution in [3.8, 4) is 0 Å². The third-order valence-corrected chi connectivity index (χ3v) is 3.88. The SMILES string of the molecule is CN(C)c1ccc(N2CCC(c3ccc([N+](=O)[O-])cc3)=N2)cc1. The monoisotopic (exact) mass is 310 g/mol. The molecule has 1 aliphatic heterocycles. The number of non-ortho nitro benzene ring substituents is 1. The molecule has 0 atom stereocenters. The van der Waals surface area contributed by atoms with E-state index in [-0.39, 0.29) is 5.69 Å². The fourth-order valence-corrected chi connectivity index (χ4v) is 2.54. The van der Waals surface area contributed by atoms with E-state index in [0.29, 0.717) is 0 Å². The Hall–Kier alpha value is -2.89. The van der Waals surface area contributed by atoms with E-state index in [4.69, 9.17) is 0 Å². The number of nitrogens with zero attached hydrogens (tertiary/aromatic N) is 4. The number of nitro benzene ring substituents is 1. The van der Waals surface area contributed by atoms with E-state index in [2.05, 4.69) is 34.3 Å². The largest absolute Gasteiger partial charge is 0.378 e. The number of hydrazone groups is 1. The first-order chi connectivity index (χ1) is 11.0. The minimum atomic E-state index is -0.390. The number of hydrogen-bond acceptors (Lipinski definition) is 5. The summed E-state index contributed by atoms with van der Waals surface area (Å²) in [5, 5.41) is 17.3. The van der Waals surface area contributed by atoms with Crippen molar-refractivity contribution in [1.29, 1.82) is 0 Å². The van der Waals surface area contributed by atoms with Crippen molar-refractivity contribution in [1.82, 2.24) is 0 Å². The molecule has 1 heterocycles. The molecule has 0 fully saturated rings. The molecule has 0 radical (unpaired) electrons. The average molecular weight is 310 g/mol. The van der Waals surface area contributed by atoms with Gasteiger partial charge in [0, 0.05) is 44.9 Å². The van der Waals surface area contributed by atoms with Gasteiger partial charge in [-0.1, -0.05) is 0 Å². The molecule has 0 aromatic heterocycles. The predicted octanol–water partition coefficient (Wildman–Crippen LogP) is 3.28. The number of anilines is 2. The van der Waals surface area contributed by atoms with Gasteiger partial charge in [-0.05, 0) is 42.0 Å². The molecule has 0 saturated carbocycles. The van der Waals surface area contributed by atoms with Crippen LogP contribution in [0.25, 0.3) is 0 Å². The zero-order valence-corrected chi connectivity index (χ0v) is 13.1. The number of rotatable bonds is 4. The standard InChI is InChI=1S/C17H18N4O2/c1-19(2)14-7-9-15(10-8-14)20-12-11-17(18-20)13-3-5-16(6-4-13)21(22)23/h3-10H,11-12H2,1-2H3. The first kappa shape index (κ1) is 15.0. The molecule has 0 unspecified atom stereocenters. The minimum Gasteiger partial charge on any atom is -0.378 e. The molecule has 0 aliphatic carbocycles. The van der Waals surface area contributed by atoms with Gasteiger partial charge in [-0.25, -0.2) is 0 Å². The Kier molecular flexibility index (Phi) is 3.97. The third kappa shape index (κ3) is 3.15. The quantitative estimate of drug-likeness (QED) is 0.642. The molecular weight excluding hydrogens is 292 g/mol. The Morgan fingerprint density at radius 1 is 1.09 bits per heavy atom. The van der Waals surface area contributed by atoms with Crippen LogP contribution in [0.15, 0.2) is 53.6 Å². The van der Waals surface area contributed by atoms with Crippen molar-refractivity contribution in [2.45, 2.75) is 6.42 Å². The van der Waals surface area contributed by atoms with Crippen LogP contribution in [0.5, 0.6) is 0 Å². The highest BCUT2D eigenvalue weighted by Gasteiger charge is 2.18.